The maximum Gasteiger partial charge on any atom is 0.251 e. The quantitative estimate of drug-likeness (QED) is 0.541. The van der Waals surface area contributed by atoms with E-state index in [4.69, 9.17) is 0 Å². The van der Waals surface area contributed by atoms with Gasteiger partial charge in [-0.3, -0.25) is 0 Å². The van der Waals surface area contributed by atoms with Gasteiger partial charge in [0.25, 0.3) is 10.0 Å². The van der Waals surface area contributed by atoms with Gasteiger partial charge in [-0.05, 0) is 56.7 Å². The van der Waals surface area contributed by atoms with Crippen molar-refractivity contribution in [3.05, 3.63) is 59.0 Å². The standard InChI is InChI=1S/C23H31N3O2S2/c1-16(2)13-20-17(3)21(22(29-20)30(27,28)25-23(4,5)6)19-9-7-18(8-10-19)14-26-12-11-24-15-26/h7-12,15-16,25H,13-14H2,1-6H3. The maximum absolute atomic E-state index is 13.3. The predicted molar refractivity (Wildman–Crippen MR) is 124 cm³/mol. The zero-order chi connectivity index (χ0) is 22.1. The predicted octanol–water partition coefficient (Wildman–Crippen LogP) is 5.24. The van der Waals surface area contributed by atoms with E-state index in [1.54, 1.807) is 12.5 Å². The Hall–Kier alpha value is -1.96. The number of hydrogen-bond donors (Lipinski definition) is 1. The highest BCUT2D eigenvalue weighted by Crippen LogP contribution is 2.40. The number of nitrogens with zero attached hydrogens (tertiary/aromatic N) is 2. The third-order valence-electron chi connectivity index (χ3n) is 4.66. The summed E-state index contributed by atoms with van der Waals surface area (Å²) in [6.07, 6.45) is 6.35. The molecule has 162 valence electrons. The summed E-state index contributed by atoms with van der Waals surface area (Å²) in [5, 5.41) is 0. The lowest BCUT2D eigenvalue weighted by atomic mass is 9.99. The molecule has 0 fully saturated rings. The topological polar surface area (TPSA) is 64.0 Å². The van der Waals surface area contributed by atoms with E-state index in [1.807, 2.05) is 50.6 Å². The highest BCUT2D eigenvalue weighted by molar-refractivity contribution is 7.91. The van der Waals surface area contributed by atoms with Gasteiger partial charge >= 0.3 is 0 Å². The fourth-order valence-corrected chi connectivity index (χ4v) is 7.01. The number of hydrogen-bond acceptors (Lipinski definition) is 4. The molecule has 0 aliphatic rings. The molecule has 0 aliphatic heterocycles. The molecule has 1 aromatic carbocycles. The number of aromatic nitrogens is 2. The van der Waals surface area contributed by atoms with Gasteiger partial charge in [-0.15, -0.1) is 11.3 Å². The molecule has 0 saturated carbocycles. The first-order valence-electron chi connectivity index (χ1n) is 10.2. The van der Waals surface area contributed by atoms with E-state index in [-0.39, 0.29) is 0 Å². The first kappa shape index (κ1) is 22.7. The van der Waals surface area contributed by atoms with Crippen LogP contribution in [-0.2, 0) is 23.0 Å². The van der Waals surface area contributed by atoms with Gasteiger partial charge in [-0.1, -0.05) is 38.1 Å². The van der Waals surface area contributed by atoms with Gasteiger partial charge in [0.05, 0.1) is 6.33 Å². The van der Waals surface area contributed by atoms with Crippen LogP contribution in [0.1, 0.15) is 50.6 Å². The number of imidazole rings is 1. The Kier molecular flexibility index (Phi) is 6.55. The van der Waals surface area contributed by atoms with E-state index in [2.05, 4.69) is 35.7 Å². The van der Waals surface area contributed by atoms with Crippen molar-refractivity contribution in [2.24, 2.45) is 5.92 Å². The van der Waals surface area contributed by atoms with E-state index in [1.165, 1.54) is 11.3 Å². The number of nitrogens with one attached hydrogen (secondary N) is 1. The van der Waals surface area contributed by atoms with E-state index in [0.717, 1.165) is 40.1 Å². The summed E-state index contributed by atoms with van der Waals surface area (Å²) in [7, 11) is -3.63. The van der Waals surface area contributed by atoms with Crippen molar-refractivity contribution in [2.45, 2.75) is 64.3 Å². The van der Waals surface area contributed by atoms with Crippen molar-refractivity contribution in [3.8, 4) is 11.1 Å². The van der Waals surface area contributed by atoms with Crippen molar-refractivity contribution in [3.63, 3.8) is 0 Å². The van der Waals surface area contributed by atoms with Crippen molar-refractivity contribution >= 4 is 21.4 Å². The molecular weight excluding hydrogens is 414 g/mol. The van der Waals surface area contributed by atoms with Crippen LogP contribution in [0.15, 0.2) is 47.2 Å². The summed E-state index contributed by atoms with van der Waals surface area (Å²) >= 11 is 1.40. The molecule has 0 atom stereocenters. The third kappa shape index (κ3) is 5.39. The van der Waals surface area contributed by atoms with Crippen LogP contribution in [0.25, 0.3) is 11.1 Å². The Balaban J connectivity index is 2.05. The average Bonchev–Trinajstić information content (AvgIpc) is 3.22. The molecule has 1 N–H and O–H groups in total. The normalized spacial score (nSPS) is 12.6. The molecular formula is C23H31N3O2S2. The first-order valence-corrected chi connectivity index (χ1v) is 12.5. The second-order valence-electron chi connectivity index (χ2n) is 9.20. The summed E-state index contributed by atoms with van der Waals surface area (Å²) in [6.45, 7) is 12.7. The minimum Gasteiger partial charge on any atom is -0.333 e. The van der Waals surface area contributed by atoms with E-state index in [9.17, 15) is 8.42 Å². The Morgan fingerprint density at radius 1 is 1.17 bits per heavy atom. The smallest absolute Gasteiger partial charge is 0.251 e. The molecule has 0 unspecified atom stereocenters. The summed E-state index contributed by atoms with van der Waals surface area (Å²) < 4.78 is 31.8. The summed E-state index contributed by atoms with van der Waals surface area (Å²) in [5.74, 6) is 0.457. The Morgan fingerprint density at radius 3 is 2.37 bits per heavy atom. The Bertz CT molecular complexity index is 1090. The highest BCUT2D eigenvalue weighted by Gasteiger charge is 2.29. The molecule has 0 bridgehead atoms. The lowest BCUT2D eigenvalue weighted by Crippen LogP contribution is -2.40. The fourth-order valence-electron chi connectivity index (χ4n) is 3.44. The number of benzene rings is 1. The van der Waals surface area contributed by atoms with Crippen molar-refractivity contribution < 1.29 is 8.42 Å². The van der Waals surface area contributed by atoms with Crippen LogP contribution < -0.4 is 4.72 Å². The van der Waals surface area contributed by atoms with Crippen molar-refractivity contribution in [1.82, 2.24) is 14.3 Å². The highest BCUT2D eigenvalue weighted by atomic mass is 32.2. The molecule has 0 radical (unpaired) electrons. The number of thiophene rings is 1. The molecule has 2 heterocycles. The molecule has 3 aromatic rings. The molecule has 0 saturated heterocycles. The Morgan fingerprint density at radius 2 is 1.83 bits per heavy atom. The number of sulfonamides is 1. The first-order chi connectivity index (χ1) is 14.0. The minimum absolute atomic E-state index is 0.410. The average molecular weight is 446 g/mol. The van der Waals surface area contributed by atoms with Gasteiger partial charge in [0.15, 0.2) is 0 Å². The van der Waals surface area contributed by atoms with Gasteiger partial charge in [0.1, 0.15) is 4.21 Å². The lowest BCUT2D eigenvalue weighted by molar-refractivity contribution is 0.492. The third-order valence-corrected chi connectivity index (χ3v) is 8.25. The largest absolute Gasteiger partial charge is 0.333 e. The van der Waals surface area contributed by atoms with Crippen LogP contribution in [0.2, 0.25) is 0 Å². The SMILES string of the molecule is Cc1c(CC(C)C)sc(S(=O)(=O)NC(C)(C)C)c1-c1ccc(Cn2ccnc2)cc1. The summed E-state index contributed by atoms with van der Waals surface area (Å²) in [5.41, 5.74) is 3.42. The molecule has 0 amide bonds. The van der Waals surface area contributed by atoms with Gasteiger partial charge < -0.3 is 4.57 Å². The lowest BCUT2D eigenvalue weighted by Gasteiger charge is -2.20. The maximum atomic E-state index is 13.3. The van der Waals surface area contributed by atoms with Gasteiger partial charge in [0, 0.05) is 34.9 Å². The molecule has 7 heteroatoms. The minimum atomic E-state index is -3.63. The van der Waals surface area contributed by atoms with Gasteiger partial charge in [-0.25, -0.2) is 18.1 Å². The Labute approximate surface area is 184 Å². The van der Waals surface area contributed by atoms with Crippen LogP contribution in [0, 0.1) is 12.8 Å². The van der Waals surface area contributed by atoms with Crippen LogP contribution in [-0.4, -0.2) is 23.5 Å². The van der Waals surface area contributed by atoms with Crippen LogP contribution >= 0.6 is 11.3 Å². The van der Waals surface area contributed by atoms with Gasteiger partial charge in [0.2, 0.25) is 0 Å². The van der Waals surface area contributed by atoms with E-state index >= 15 is 0 Å². The van der Waals surface area contributed by atoms with E-state index < -0.39 is 15.6 Å². The summed E-state index contributed by atoms with van der Waals surface area (Å²) in [6, 6.07) is 8.16. The molecule has 3 rings (SSSR count). The van der Waals surface area contributed by atoms with Gasteiger partial charge in [-0.2, -0.15) is 0 Å². The molecule has 5 nitrogen and oxygen atoms in total. The van der Waals surface area contributed by atoms with Crippen LogP contribution in [0.5, 0.6) is 0 Å². The second-order valence-corrected chi connectivity index (χ2v) is 12.2. The summed E-state index contributed by atoms with van der Waals surface area (Å²) in [4.78, 5) is 5.22. The zero-order valence-electron chi connectivity index (χ0n) is 18.6. The molecule has 0 spiro atoms. The zero-order valence-corrected chi connectivity index (χ0v) is 20.2. The van der Waals surface area contributed by atoms with Crippen molar-refractivity contribution in [1.29, 1.82) is 0 Å². The molecule has 0 aliphatic carbocycles. The second kappa shape index (κ2) is 8.65. The molecule has 2 aromatic heterocycles. The monoisotopic (exact) mass is 445 g/mol. The fraction of sp³-hybridized carbons (Fsp3) is 0.435. The van der Waals surface area contributed by atoms with Crippen LogP contribution in [0.3, 0.4) is 0 Å². The van der Waals surface area contributed by atoms with Crippen molar-refractivity contribution in [2.75, 3.05) is 0 Å². The molecule has 30 heavy (non-hydrogen) atoms. The van der Waals surface area contributed by atoms with E-state index in [0.29, 0.717) is 10.1 Å². The number of rotatable bonds is 7. The van der Waals surface area contributed by atoms with Crippen LogP contribution in [0.4, 0.5) is 0 Å².